The van der Waals surface area contributed by atoms with Crippen LogP contribution in [0.1, 0.15) is 41.0 Å². The van der Waals surface area contributed by atoms with Gasteiger partial charge in [0.2, 0.25) is 0 Å². The van der Waals surface area contributed by atoms with E-state index in [-0.39, 0.29) is 0 Å². The molecule has 0 saturated carbocycles. The predicted octanol–water partition coefficient (Wildman–Crippen LogP) is 2.82. The first-order valence-electron chi connectivity index (χ1n) is 6.70. The third kappa shape index (κ3) is 2.16. The average Bonchev–Trinajstić information content (AvgIpc) is 2.70. The molecule has 2 saturated heterocycles. The quantitative estimate of drug-likeness (QED) is 0.874. The lowest BCUT2D eigenvalue weighted by Gasteiger charge is -2.37. The number of nitrogens with two attached hydrogens (primary N) is 1. The van der Waals surface area contributed by atoms with Crippen LogP contribution in [0.5, 0.6) is 0 Å². The summed E-state index contributed by atoms with van der Waals surface area (Å²) in [6.07, 6.45) is 5.14. The van der Waals surface area contributed by atoms with Gasteiger partial charge in [-0.2, -0.15) is 0 Å². The molecule has 2 aliphatic rings. The van der Waals surface area contributed by atoms with E-state index >= 15 is 0 Å². The van der Waals surface area contributed by atoms with Gasteiger partial charge in [0.1, 0.15) is 0 Å². The van der Waals surface area contributed by atoms with Gasteiger partial charge in [0.25, 0.3) is 0 Å². The van der Waals surface area contributed by atoms with Gasteiger partial charge < -0.3 is 5.73 Å². The first-order chi connectivity index (χ1) is 8.13. The summed E-state index contributed by atoms with van der Waals surface area (Å²) < 4.78 is 0. The zero-order valence-electron chi connectivity index (χ0n) is 10.8. The molecule has 0 aliphatic carbocycles. The normalized spacial score (nSPS) is 33.2. The third-order valence-corrected chi connectivity index (χ3v) is 5.61. The standard InChI is InChI=1S/C14H22N2S/c1-9-5-14(17-10(9)2)8-16-12-3-4-13(16)7-11(15)6-12/h5,11-13H,3-4,6-8,15H2,1-2H3. The molecule has 2 unspecified atom stereocenters. The van der Waals surface area contributed by atoms with Gasteiger partial charge in [0, 0.05) is 34.4 Å². The maximum atomic E-state index is 6.12. The van der Waals surface area contributed by atoms with Crippen LogP contribution in [0.3, 0.4) is 0 Å². The summed E-state index contributed by atoms with van der Waals surface area (Å²) in [7, 11) is 0. The van der Waals surface area contributed by atoms with Crippen molar-refractivity contribution >= 4 is 11.3 Å². The molecule has 3 heterocycles. The van der Waals surface area contributed by atoms with Crippen LogP contribution in [-0.4, -0.2) is 23.0 Å². The lowest BCUT2D eigenvalue weighted by atomic mass is 9.98. The van der Waals surface area contributed by atoms with Crippen molar-refractivity contribution in [1.82, 2.24) is 4.90 Å². The molecule has 0 radical (unpaired) electrons. The van der Waals surface area contributed by atoms with Gasteiger partial charge in [0.05, 0.1) is 0 Å². The maximum absolute atomic E-state index is 6.12. The molecule has 0 aromatic carbocycles. The fraction of sp³-hybridized carbons (Fsp3) is 0.714. The highest BCUT2D eigenvalue weighted by Crippen LogP contribution is 2.37. The van der Waals surface area contributed by atoms with Crippen LogP contribution in [0.2, 0.25) is 0 Å². The number of fused-ring (bicyclic) bond motifs is 2. The van der Waals surface area contributed by atoms with E-state index in [0.717, 1.165) is 18.6 Å². The van der Waals surface area contributed by atoms with Gasteiger partial charge in [-0.05, 0) is 51.2 Å². The Labute approximate surface area is 108 Å². The van der Waals surface area contributed by atoms with Gasteiger partial charge >= 0.3 is 0 Å². The van der Waals surface area contributed by atoms with E-state index in [0.29, 0.717) is 6.04 Å². The molecule has 1 aromatic heterocycles. The minimum absolute atomic E-state index is 0.454. The van der Waals surface area contributed by atoms with E-state index in [2.05, 4.69) is 24.8 Å². The summed E-state index contributed by atoms with van der Waals surface area (Å²) >= 11 is 1.97. The van der Waals surface area contributed by atoms with Gasteiger partial charge in [-0.15, -0.1) is 11.3 Å². The monoisotopic (exact) mass is 250 g/mol. The molecule has 17 heavy (non-hydrogen) atoms. The summed E-state index contributed by atoms with van der Waals surface area (Å²) in [6, 6.07) is 4.34. The Kier molecular flexibility index (Phi) is 3.01. The molecule has 1 aromatic rings. The number of nitrogens with zero attached hydrogens (tertiary/aromatic N) is 1. The minimum Gasteiger partial charge on any atom is -0.328 e. The number of thiophene rings is 1. The summed E-state index contributed by atoms with van der Waals surface area (Å²) in [5.41, 5.74) is 7.57. The number of hydrogen-bond acceptors (Lipinski definition) is 3. The average molecular weight is 250 g/mol. The molecule has 2 atom stereocenters. The highest BCUT2D eigenvalue weighted by atomic mass is 32.1. The van der Waals surface area contributed by atoms with Crippen molar-refractivity contribution in [2.24, 2.45) is 5.73 Å². The Morgan fingerprint density at radius 1 is 1.29 bits per heavy atom. The van der Waals surface area contributed by atoms with Gasteiger partial charge in [-0.3, -0.25) is 4.90 Å². The first kappa shape index (κ1) is 11.7. The highest BCUT2D eigenvalue weighted by molar-refractivity contribution is 7.12. The SMILES string of the molecule is Cc1cc(CN2C3CCC2CC(N)C3)sc1C. The Balaban J connectivity index is 1.74. The Morgan fingerprint density at radius 3 is 2.47 bits per heavy atom. The number of aryl methyl sites for hydroxylation is 2. The molecule has 3 rings (SSSR count). The second-order valence-corrected chi connectivity index (χ2v) is 7.08. The molecule has 2 bridgehead atoms. The molecule has 0 amide bonds. The second kappa shape index (κ2) is 4.38. The van der Waals surface area contributed by atoms with Crippen LogP contribution in [0, 0.1) is 13.8 Å². The first-order valence-corrected chi connectivity index (χ1v) is 7.52. The lowest BCUT2D eigenvalue weighted by Crippen LogP contribution is -2.46. The molecule has 94 valence electrons. The third-order valence-electron chi connectivity index (χ3n) is 4.48. The minimum atomic E-state index is 0.454. The predicted molar refractivity (Wildman–Crippen MR) is 73.4 cm³/mol. The van der Waals surface area contributed by atoms with Gasteiger partial charge in [0.15, 0.2) is 0 Å². The Hall–Kier alpha value is -0.380. The number of piperidine rings is 1. The van der Waals surface area contributed by atoms with E-state index in [9.17, 15) is 0 Å². The van der Waals surface area contributed by atoms with Crippen molar-refractivity contribution in [1.29, 1.82) is 0 Å². The molecular formula is C14H22N2S. The number of rotatable bonds is 2. The van der Waals surface area contributed by atoms with Gasteiger partial charge in [-0.1, -0.05) is 0 Å². The Bertz CT molecular complexity index is 379. The van der Waals surface area contributed by atoms with Crippen LogP contribution in [0.4, 0.5) is 0 Å². The largest absolute Gasteiger partial charge is 0.328 e. The molecule has 2 fully saturated rings. The van der Waals surface area contributed by atoms with E-state index in [1.807, 2.05) is 11.3 Å². The van der Waals surface area contributed by atoms with Crippen molar-refractivity contribution in [3.63, 3.8) is 0 Å². The smallest absolute Gasteiger partial charge is 0.0334 e. The van der Waals surface area contributed by atoms with Crippen LogP contribution in [0.15, 0.2) is 6.07 Å². The molecule has 2 aliphatic heterocycles. The van der Waals surface area contributed by atoms with Crippen LogP contribution < -0.4 is 5.73 Å². The van der Waals surface area contributed by atoms with E-state index in [4.69, 9.17) is 5.73 Å². The summed E-state index contributed by atoms with van der Waals surface area (Å²) in [5.74, 6) is 0. The van der Waals surface area contributed by atoms with Gasteiger partial charge in [-0.25, -0.2) is 0 Å². The van der Waals surface area contributed by atoms with E-state index < -0.39 is 0 Å². The van der Waals surface area contributed by atoms with Crippen molar-refractivity contribution in [2.75, 3.05) is 0 Å². The molecule has 2 N–H and O–H groups in total. The van der Waals surface area contributed by atoms with Crippen LogP contribution >= 0.6 is 11.3 Å². The molecule has 3 heteroatoms. The summed E-state index contributed by atoms with van der Waals surface area (Å²) in [4.78, 5) is 5.72. The fourth-order valence-electron chi connectivity index (χ4n) is 3.48. The highest BCUT2D eigenvalue weighted by Gasteiger charge is 2.39. The molecule has 0 spiro atoms. The van der Waals surface area contributed by atoms with Crippen LogP contribution in [-0.2, 0) is 6.54 Å². The van der Waals surface area contributed by atoms with E-state index in [1.165, 1.54) is 41.0 Å². The second-order valence-electron chi connectivity index (χ2n) is 5.74. The summed E-state index contributed by atoms with van der Waals surface area (Å²) in [6.45, 7) is 5.60. The molecule has 2 nitrogen and oxygen atoms in total. The fourth-order valence-corrected chi connectivity index (χ4v) is 4.54. The number of hydrogen-bond donors (Lipinski definition) is 1. The van der Waals surface area contributed by atoms with E-state index in [1.54, 1.807) is 0 Å². The van der Waals surface area contributed by atoms with Crippen molar-refractivity contribution < 1.29 is 0 Å². The molecular weight excluding hydrogens is 228 g/mol. The van der Waals surface area contributed by atoms with Crippen molar-refractivity contribution in [3.05, 3.63) is 21.4 Å². The Morgan fingerprint density at radius 2 is 1.94 bits per heavy atom. The maximum Gasteiger partial charge on any atom is 0.0334 e. The topological polar surface area (TPSA) is 29.3 Å². The van der Waals surface area contributed by atoms with Crippen molar-refractivity contribution in [3.8, 4) is 0 Å². The van der Waals surface area contributed by atoms with Crippen LogP contribution in [0.25, 0.3) is 0 Å². The zero-order chi connectivity index (χ0) is 12.0. The zero-order valence-corrected chi connectivity index (χ0v) is 11.6. The van der Waals surface area contributed by atoms with Crippen molar-refractivity contribution in [2.45, 2.75) is 64.2 Å². The summed E-state index contributed by atoms with van der Waals surface area (Å²) in [5, 5.41) is 0. The lowest BCUT2D eigenvalue weighted by molar-refractivity contribution is 0.121.